The number of H-pyrrole nitrogens is 1. The van der Waals surface area contributed by atoms with E-state index < -0.39 is 17.4 Å². The minimum Gasteiger partial charge on any atom is -0.478 e. The molecule has 21 heavy (non-hydrogen) atoms. The zero-order valence-corrected chi connectivity index (χ0v) is 12.4. The van der Waals surface area contributed by atoms with Gasteiger partial charge in [-0.25, -0.2) is 9.89 Å². The minimum atomic E-state index is -1.13. The number of nitrogens with zero attached hydrogens (tertiary/aromatic N) is 1. The summed E-state index contributed by atoms with van der Waals surface area (Å²) in [6.45, 7) is 5.02. The Kier molecular flexibility index (Phi) is 3.90. The Labute approximate surface area is 123 Å². The average molecular weight is 307 g/mol. The molecular formula is C13H13N3O4S. The second kappa shape index (κ2) is 5.49. The Bertz CT molecular complexity index is 791. The highest BCUT2D eigenvalue weighted by atomic mass is 32.1. The Hall–Kier alpha value is -2.48. The maximum atomic E-state index is 12.2. The number of carbonyl (C=O) groups excluding carboxylic acids is 1. The van der Waals surface area contributed by atoms with E-state index >= 15 is 0 Å². The summed E-state index contributed by atoms with van der Waals surface area (Å²) >= 11 is 1.14. The van der Waals surface area contributed by atoms with Crippen molar-refractivity contribution in [3.63, 3.8) is 0 Å². The molecule has 0 unspecified atom stereocenters. The summed E-state index contributed by atoms with van der Waals surface area (Å²) in [5.74, 6) is -1.78. The van der Waals surface area contributed by atoms with Crippen molar-refractivity contribution in [1.29, 1.82) is 0 Å². The van der Waals surface area contributed by atoms with Crippen molar-refractivity contribution in [3.05, 3.63) is 43.7 Å². The monoisotopic (exact) mass is 307 g/mol. The molecule has 0 aliphatic heterocycles. The van der Waals surface area contributed by atoms with Gasteiger partial charge in [0.05, 0.1) is 11.3 Å². The van der Waals surface area contributed by atoms with Gasteiger partial charge in [0.1, 0.15) is 10.6 Å². The van der Waals surface area contributed by atoms with Gasteiger partial charge < -0.3 is 10.4 Å². The molecule has 0 atom stereocenters. The predicted molar refractivity (Wildman–Crippen MR) is 78.3 cm³/mol. The quantitative estimate of drug-likeness (QED) is 0.799. The normalized spacial score (nSPS) is 10.4. The molecule has 0 aliphatic carbocycles. The van der Waals surface area contributed by atoms with Crippen LogP contribution in [0.5, 0.6) is 0 Å². The van der Waals surface area contributed by atoms with Crippen LogP contribution in [0.25, 0.3) is 0 Å². The van der Waals surface area contributed by atoms with Crippen molar-refractivity contribution in [2.24, 2.45) is 0 Å². The van der Waals surface area contributed by atoms with Crippen LogP contribution in [-0.4, -0.2) is 27.2 Å². The van der Waals surface area contributed by atoms with Crippen molar-refractivity contribution < 1.29 is 14.7 Å². The molecule has 1 amide bonds. The molecule has 0 spiro atoms. The Morgan fingerprint density at radius 2 is 2.00 bits per heavy atom. The number of nitrogens with one attached hydrogen (secondary N) is 2. The summed E-state index contributed by atoms with van der Waals surface area (Å²) < 4.78 is 0. The zero-order chi connectivity index (χ0) is 15.7. The van der Waals surface area contributed by atoms with Crippen molar-refractivity contribution in [2.75, 3.05) is 5.32 Å². The van der Waals surface area contributed by atoms with Crippen molar-refractivity contribution in [3.8, 4) is 0 Å². The predicted octanol–water partition coefficient (Wildman–Crippen LogP) is 1.71. The van der Waals surface area contributed by atoms with Crippen LogP contribution in [0.2, 0.25) is 0 Å². The summed E-state index contributed by atoms with van der Waals surface area (Å²) in [7, 11) is 0. The van der Waals surface area contributed by atoms with E-state index in [0.29, 0.717) is 11.3 Å². The number of hydrogen-bond donors (Lipinski definition) is 3. The van der Waals surface area contributed by atoms with Crippen LogP contribution in [-0.2, 0) is 0 Å². The third-order valence-electron chi connectivity index (χ3n) is 3.01. The number of carbonyl (C=O) groups is 2. The minimum absolute atomic E-state index is 0.00529. The standard InChI is InChI=1S/C13H13N3O4S/c1-5-4-8(13(19)20)12(21-5)14-10(17)9-6(2)7(3)15-16-11(9)18/h4H,1-3H3,(H,14,17)(H,16,18)(H,19,20). The third kappa shape index (κ3) is 2.84. The van der Waals surface area contributed by atoms with Crippen molar-refractivity contribution in [2.45, 2.75) is 20.8 Å². The molecule has 0 aromatic carbocycles. The van der Waals surface area contributed by atoms with Crippen LogP contribution in [0.3, 0.4) is 0 Å². The Balaban J connectivity index is 2.42. The first-order valence-corrected chi connectivity index (χ1v) is 6.84. The molecule has 0 bridgehead atoms. The number of hydrogen-bond acceptors (Lipinski definition) is 5. The van der Waals surface area contributed by atoms with Gasteiger partial charge in [-0.2, -0.15) is 5.10 Å². The number of carboxylic acid groups (broad SMARTS) is 1. The number of aromatic amines is 1. The second-order valence-corrected chi connectivity index (χ2v) is 5.75. The number of aryl methyl sites for hydroxylation is 2. The number of carboxylic acids is 1. The molecule has 2 aromatic rings. The zero-order valence-electron chi connectivity index (χ0n) is 11.6. The van der Waals surface area contributed by atoms with Gasteiger partial charge in [-0.3, -0.25) is 9.59 Å². The summed E-state index contributed by atoms with van der Waals surface area (Å²) in [4.78, 5) is 35.9. The van der Waals surface area contributed by atoms with E-state index in [1.54, 1.807) is 20.8 Å². The molecule has 2 aromatic heterocycles. The summed E-state index contributed by atoms with van der Waals surface area (Å²) in [6, 6.07) is 1.47. The van der Waals surface area contributed by atoms with Gasteiger partial charge in [0.25, 0.3) is 11.5 Å². The smallest absolute Gasteiger partial charge is 0.338 e. The highest BCUT2D eigenvalue weighted by Crippen LogP contribution is 2.28. The number of rotatable bonds is 3. The first-order valence-electron chi connectivity index (χ1n) is 6.02. The van der Waals surface area contributed by atoms with Gasteiger partial charge >= 0.3 is 5.97 Å². The van der Waals surface area contributed by atoms with Gasteiger partial charge in [0.15, 0.2) is 0 Å². The van der Waals surface area contributed by atoms with Crippen LogP contribution in [0.15, 0.2) is 10.9 Å². The molecule has 0 saturated carbocycles. The number of thiophene rings is 1. The average Bonchev–Trinajstić information content (AvgIpc) is 2.75. The molecule has 110 valence electrons. The fourth-order valence-electron chi connectivity index (χ4n) is 1.83. The van der Waals surface area contributed by atoms with Crippen LogP contribution >= 0.6 is 11.3 Å². The maximum Gasteiger partial charge on any atom is 0.338 e. The lowest BCUT2D eigenvalue weighted by molar-refractivity contribution is 0.0698. The third-order valence-corrected chi connectivity index (χ3v) is 3.98. The molecule has 0 radical (unpaired) electrons. The molecule has 2 rings (SSSR count). The fraction of sp³-hybridized carbons (Fsp3) is 0.231. The van der Waals surface area contributed by atoms with Gasteiger partial charge in [0, 0.05) is 4.88 Å². The lowest BCUT2D eigenvalue weighted by Crippen LogP contribution is -2.26. The second-order valence-electron chi connectivity index (χ2n) is 4.50. The number of amides is 1. The topological polar surface area (TPSA) is 112 Å². The molecule has 2 heterocycles. The molecule has 0 aliphatic rings. The molecule has 8 heteroatoms. The highest BCUT2D eigenvalue weighted by molar-refractivity contribution is 7.16. The van der Waals surface area contributed by atoms with E-state index in [9.17, 15) is 14.4 Å². The Morgan fingerprint density at radius 3 is 2.62 bits per heavy atom. The van der Waals surface area contributed by atoms with E-state index in [1.165, 1.54) is 6.07 Å². The molecule has 0 fully saturated rings. The van der Waals surface area contributed by atoms with Crippen molar-refractivity contribution >= 4 is 28.2 Å². The van der Waals surface area contributed by atoms with E-state index in [4.69, 9.17) is 5.11 Å². The molecule has 3 N–H and O–H groups in total. The van der Waals surface area contributed by atoms with E-state index in [2.05, 4.69) is 15.5 Å². The lowest BCUT2D eigenvalue weighted by atomic mass is 10.1. The van der Waals surface area contributed by atoms with Crippen molar-refractivity contribution in [1.82, 2.24) is 10.2 Å². The van der Waals surface area contributed by atoms with Crippen LogP contribution in [0.4, 0.5) is 5.00 Å². The first kappa shape index (κ1) is 14.9. The lowest BCUT2D eigenvalue weighted by Gasteiger charge is -2.07. The SMILES string of the molecule is Cc1cc(C(=O)O)c(NC(=O)c2c(C)c(C)n[nH]c2=O)s1. The van der Waals surface area contributed by atoms with Gasteiger partial charge in [-0.05, 0) is 32.4 Å². The van der Waals surface area contributed by atoms with E-state index in [1.807, 2.05) is 0 Å². The largest absolute Gasteiger partial charge is 0.478 e. The van der Waals surface area contributed by atoms with Gasteiger partial charge in [0.2, 0.25) is 0 Å². The highest BCUT2D eigenvalue weighted by Gasteiger charge is 2.20. The van der Waals surface area contributed by atoms with E-state index in [0.717, 1.165) is 16.2 Å². The van der Waals surface area contributed by atoms with Crippen LogP contribution in [0, 0.1) is 20.8 Å². The summed E-state index contributed by atoms with van der Waals surface area (Å²) in [5.41, 5.74) is 0.318. The first-order chi connectivity index (χ1) is 9.81. The van der Waals surface area contributed by atoms with Gasteiger partial charge in [-0.15, -0.1) is 11.3 Å². The molecule has 0 saturated heterocycles. The summed E-state index contributed by atoms with van der Waals surface area (Å²) in [6.07, 6.45) is 0. The number of aromatic carboxylic acids is 1. The Morgan fingerprint density at radius 1 is 1.33 bits per heavy atom. The number of anilines is 1. The summed E-state index contributed by atoms with van der Waals surface area (Å²) in [5, 5.41) is 17.8. The fourth-order valence-corrected chi connectivity index (χ4v) is 2.73. The maximum absolute atomic E-state index is 12.2. The van der Waals surface area contributed by atoms with E-state index in [-0.39, 0.29) is 16.1 Å². The number of aromatic nitrogens is 2. The van der Waals surface area contributed by atoms with Crippen LogP contribution < -0.4 is 10.9 Å². The van der Waals surface area contributed by atoms with Gasteiger partial charge in [-0.1, -0.05) is 0 Å². The molecule has 7 nitrogen and oxygen atoms in total. The van der Waals surface area contributed by atoms with Crippen LogP contribution in [0.1, 0.15) is 36.9 Å². The molecular weight excluding hydrogens is 294 g/mol.